The van der Waals surface area contributed by atoms with E-state index in [-0.39, 0.29) is 0 Å². The van der Waals surface area contributed by atoms with Gasteiger partial charge in [-0.2, -0.15) is 13.2 Å². The van der Waals surface area contributed by atoms with Gasteiger partial charge in [0.15, 0.2) is 0 Å². The van der Waals surface area contributed by atoms with Crippen molar-refractivity contribution in [3.05, 3.63) is 35.2 Å². The van der Waals surface area contributed by atoms with E-state index < -0.39 is 11.7 Å². The number of alkyl halides is 3. The summed E-state index contributed by atoms with van der Waals surface area (Å²) in [6.07, 6.45) is -3.49. The molecule has 0 saturated carbocycles. The van der Waals surface area contributed by atoms with E-state index in [4.69, 9.17) is 4.74 Å². The van der Waals surface area contributed by atoms with Crippen molar-refractivity contribution in [3.8, 4) is 5.75 Å². The molecule has 0 bridgehead atoms. The van der Waals surface area contributed by atoms with Crippen LogP contribution in [0.15, 0.2) is 18.2 Å². The van der Waals surface area contributed by atoms with E-state index in [9.17, 15) is 13.2 Å². The molecule has 0 fully saturated rings. The molecule has 1 nitrogen and oxygen atoms in total. The van der Waals surface area contributed by atoms with E-state index in [1.165, 1.54) is 6.07 Å². The molecule has 0 spiro atoms. The van der Waals surface area contributed by atoms with Crippen LogP contribution in [0.25, 0.3) is 0 Å². The zero-order valence-electron chi connectivity index (χ0n) is 10.2. The summed E-state index contributed by atoms with van der Waals surface area (Å²) in [6.45, 7) is 6.00. The molecular formula is C13H16F3O. The summed E-state index contributed by atoms with van der Waals surface area (Å²) in [5.74, 6) is 1.32. The van der Waals surface area contributed by atoms with Crippen LogP contribution in [0.3, 0.4) is 0 Å². The van der Waals surface area contributed by atoms with Gasteiger partial charge in [0.05, 0.1) is 12.2 Å². The number of hydrogen-bond acceptors (Lipinski definition) is 1. The first kappa shape index (κ1) is 13.9. The molecule has 4 heteroatoms. The highest BCUT2D eigenvalue weighted by atomic mass is 19.4. The predicted molar refractivity (Wildman–Crippen MR) is 60.9 cm³/mol. The fraction of sp³-hybridized carbons (Fsp3) is 0.462. The summed E-state index contributed by atoms with van der Waals surface area (Å²) >= 11 is 0. The van der Waals surface area contributed by atoms with Gasteiger partial charge in [-0.15, -0.1) is 0 Å². The highest BCUT2D eigenvalue weighted by Crippen LogP contribution is 2.35. The Hall–Kier alpha value is -1.19. The highest BCUT2D eigenvalue weighted by molar-refractivity contribution is 5.45. The second-order valence-electron chi connectivity index (χ2n) is 4.06. The van der Waals surface area contributed by atoms with Crippen molar-refractivity contribution in [3.63, 3.8) is 0 Å². The zero-order valence-corrected chi connectivity index (χ0v) is 10.2. The van der Waals surface area contributed by atoms with Crippen molar-refractivity contribution < 1.29 is 17.9 Å². The molecule has 0 amide bonds. The van der Waals surface area contributed by atoms with Gasteiger partial charge in [-0.05, 0) is 24.6 Å². The number of rotatable bonds is 4. The highest BCUT2D eigenvalue weighted by Gasteiger charge is 2.31. The molecular weight excluding hydrogens is 229 g/mol. The van der Waals surface area contributed by atoms with Crippen LogP contribution in [0.1, 0.15) is 38.3 Å². The number of benzene rings is 1. The summed E-state index contributed by atoms with van der Waals surface area (Å²) in [5, 5.41) is 0. The van der Waals surface area contributed by atoms with Crippen LogP contribution in [-0.4, -0.2) is 6.61 Å². The molecule has 0 saturated heterocycles. The second kappa shape index (κ2) is 5.43. The van der Waals surface area contributed by atoms with Crippen LogP contribution in [0.4, 0.5) is 13.2 Å². The molecule has 1 rings (SSSR count). The minimum absolute atomic E-state index is 0.506. The standard InChI is InChI=1S/C13H16F3O/c1-4-7-17-12-6-5-10(13(14,15)16)8-11(12)9(2)3/h5-6,8H,4,7H2,1-3H3. The lowest BCUT2D eigenvalue weighted by Crippen LogP contribution is -2.08. The van der Waals surface area contributed by atoms with Gasteiger partial charge in [0.2, 0.25) is 0 Å². The van der Waals surface area contributed by atoms with Crippen molar-refractivity contribution in [1.29, 1.82) is 0 Å². The third-order valence-electron chi connectivity index (χ3n) is 2.31. The summed E-state index contributed by atoms with van der Waals surface area (Å²) in [6, 6.07) is 3.58. The van der Waals surface area contributed by atoms with Crippen LogP contribution in [0.5, 0.6) is 5.75 Å². The first-order chi connectivity index (χ1) is 7.86. The number of halogens is 3. The Morgan fingerprint density at radius 1 is 1.24 bits per heavy atom. The first-order valence-electron chi connectivity index (χ1n) is 5.50. The molecule has 0 unspecified atom stereocenters. The quantitative estimate of drug-likeness (QED) is 0.761. The summed E-state index contributed by atoms with van der Waals surface area (Å²) < 4.78 is 43.1. The molecule has 1 radical (unpaired) electrons. The van der Waals surface area contributed by atoms with Gasteiger partial charge in [-0.3, -0.25) is 0 Å². The maximum absolute atomic E-state index is 12.6. The molecule has 0 N–H and O–H groups in total. The molecule has 1 aromatic carbocycles. The van der Waals surface area contributed by atoms with Crippen molar-refractivity contribution >= 4 is 0 Å². The number of ether oxygens (including phenoxy) is 1. The Morgan fingerprint density at radius 2 is 1.88 bits per heavy atom. The van der Waals surface area contributed by atoms with Crippen LogP contribution < -0.4 is 4.74 Å². The fourth-order valence-corrected chi connectivity index (χ4v) is 1.43. The van der Waals surface area contributed by atoms with Crippen molar-refractivity contribution in [2.24, 2.45) is 0 Å². The average molecular weight is 245 g/mol. The van der Waals surface area contributed by atoms with E-state index in [1.54, 1.807) is 13.8 Å². The van der Waals surface area contributed by atoms with Crippen LogP contribution in [-0.2, 0) is 6.18 Å². The van der Waals surface area contributed by atoms with E-state index in [2.05, 4.69) is 0 Å². The molecule has 1 aromatic rings. The summed E-state index contributed by atoms with van der Waals surface area (Å²) in [4.78, 5) is 0. The molecule has 0 heterocycles. The fourth-order valence-electron chi connectivity index (χ4n) is 1.43. The van der Waals surface area contributed by atoms with Gasteiger partial charge in [-0.25, -0.2) is 0 Å². The van der Waals surface area contributed by atoms with E-state index in [0.29, 0.717) is 17.9 Å². The van der Waals surface area contributed by atoms with Gasteiger partial charge in [0.25, 0.3) is 0 Å². The first-order valence-corrected chi connectivity index (χ1v) is 5.50. The molecule has 0 aromatic heterocycles. The van der Waals surface area contributed by atoms with Crippen LogP contribution in [0, 0.1) is 5.92 Å². The van der Waals surface area contributed by atoms with Crippen molar-refractivity contribution in [2.75, 3.05) is 6.61 Å². The average Bonchev–Trinajstić information content (AvgIpc) is 2.24. The predicted octanol–water partition coefficient (Wildman–Crippen LogP) is 4.46. The largest absolute Gasteiger partial charge is 0.493 e. The van der Waals surface area contributed by atoms with Gasteiger partial charge in [0.1, 0.15) is 5.75 Å². The van der Waals surface area contributed by atoms with Gasteiger partial charge >= 0.3 is 6.18 Å². The van der Waals surface area contributed by atoms with E-state index in [0.717, 1.165) is 24.5 Å². The lowest BCUT2D eigenvalue weighted by Gasteiger charge is -2.16. The lowest BCUT2D eigenvalue weighted by molar-refractivity contribution is -0.137. The minimum atomic E-state index is -4.31. The lowest BCUT2D eigenvalue weighted by atomic mass is 9.99. The SMILES string of the molecule is CCCOc1ccc(C(F)(F)F)cc1[C](C)C. The van der Waals surface area contributed by atoms with E-state index >= 15 is 0 Å². The Labute approximate surface area is 99.6 Å². The van der Waals surface area contributed by atoms with Crippen molar-refractivity contribution in [2.45, 2.75) is 33.4 Å². The van der Waals surface area contributed by atoms with Gasteiger partial charge < -0.3 is 4.74 Å². The van der Waals surface area contributed by atoms with Gasteiger partial charge in [-0.1, -0.05) is 20.8 Å². The summed E-state index contributed by atoms with van der Waals surface area (Å²) in [5.41, 5.74) is -0.120. The third-order valence-corrected chi connectivity index (χ3v) is 2.31. The molecule has 0 aliphatic carbocycles. The second-order valence-corrected chi connectivity index (χ2v) is 4.06. The van der Waals surface area contributed by atoms with Crippen molar-refractivity contribution in [1.82, 2.24) is 0 Å². The maximum Gasteiger partial charge on any atom is 0.416 e. The maximum atomic E-state index is 12.6. The summed E-state index contributed by atoms with van der Waals surface area (Å²) in [7, 11) is 0. The monoisotopic (exact) mass is 245 g/mol. The Morgan fingerprint density at radius 3 is 2.35 bits per heavy atom. The molecule has 0 atom stereocenters. The van der Waals surface area contributed by atoms with Crippen LogP contribution >= 0.6 is 0 Å². The van der Waals surface area contributed by atoms with Crippen LogP contribution in [0.2, 0.25) is 0 Å². The van der Waals surface area contributed by atoms with E-state index in [1.807, 2.05) is 6.92 Å². The molecule has 0 aliphatic rings. The smallest absolute Gasteiger partial charge is 0.416 e. The molecule has 17 heavy (non-hydrogen) atoms. The Kier molecular flexibility index (Phi) is 4.43. The normalized spacial score (nSPS) is 11.9. The van der Waals surface area contributed by atoms with Gasteiger partial charge in [0, 0.05) is 11.5 Å². The minimum Gasteiger partial charge on any atom is -0.493 e. The molecule has 0 aliphatic heterocycles. The Balaban J connectivity index is 3.08. The number of hydrogen-bond donors (Lipinski definition) is 0. The Bertz CT molecular complexity index is 369. The zero-order chi connectivity index (χ0) is 13.1. The third kappa shape index (κ3) is 3.65. The topological polar surface area (TPSA) is 9.23 Å². The molecule has 95 valence electrons.